The van der Waals surface area contributed by atoms with Gasteiger partial charge in [0, 0.05) is 31.3 Å². The minimum Gasteiger partial charge on any atom is -0.469 e. The van der Waals surface area contributed by atoms with E-state index >= 15 is 4.39 Å². The molecule has 2 unspecified atom stereocenters. The van der Waals surface area contributed by atoms with E-state index in [1.165, 1.54) is 26.4 Å². The van der Waals surface area contributed by atoms with Crippen molar-refractivity contribution in [3.63, 3.8) is 0 Å². The van der Waals surface area contributed by atoms with Crippen LogP contribution in [0.4, 0.5) is 4.39 Å². The van der Waals surface area contributed by atoms with E-state index in [4.69, 9.17) is 9.47 Å². The molecule has 0 spiro atoms. The number of hydrogen-bond donors (Lipinski definition) is 1. The Morgan fingerprint density at radius 2 is 2.03 bits per heavy atom. The highest BCUT2D eigenvalue weighted by Gasteiger charge is 2.46. The molecule has 1 aliphatic heterocycles. The van der Waals surface area contributed by atoms with Gasteiger partial charge in [0.15, 0.2) is 6.29 Å². The zero-order chi connectivity index (χ0) is 24.1. The van der Waals surface area contributed by atoms with Crippen LogP contribution in [0, 0.1) is 11.8 Å². The maximum Gasteiger partial charge on any atom is 0.305 e. The molecule has 1 saturated heterocycles. The van der Waals surface area contributed by atoms with Gasteiger partial charge in [0.2, 0.25) is 0 Å². The lowest BCUT2D eigenvalue weighted by Gasteiger charge is -2.29. The van der Waals surface area contributed by atoms with E-state index in [1.54, 1.807) is 6.08 Å². The average Bonchev–Trinajstić information content (AvgIpc) is 3.11. The molecular weight excluding hydrogens is 423 g/mol. The smallest absolute Gasteiger partial charge is 0.305 e. The Bertz CT molecular complexity index is 614. The molecule has 2 rings (SSSR count). The molecule has 190 valence electrons. The molecule has 2 aliphatic rings. The first-order valence-corrected chi connectivity index (χ1v) is 13.0. The Morgan fingerprint density at radius 1 is 1.21 bits per heavy atom. The number of rotatable bonds is 14. The lowest BCUT2D eigenvalue weighted by molar-refractivity contribution is -0.193. The molecule has 1 heterocycles. The summed E-state index contributed by atoms with van der Waals surface area (Å²) in [7, 11) is 1.37. The molecule has 2 fully saturated rings. The van der Waals surface area contributed by atoms with E-state index in [0.717, 1.165) is 37.7 Å². The monoisotopic (exact) mass is 468 g/mol. The van der Waals surface area contributed by atoms with Gasteiger partial charge in [-0.3, -0.25) is 4.79 Å². The number of hydrogen-bond acceptors (Lipinski definition) is 5. The van der Waals surface area contributed by atoms with Crippen LogP contribution in [-0.2, 0) is 19.0 Å². The van der Waals surface area contributed by atoms with Gasteiger partial charge < -0.3 is 19.3 Å². The van der Waals surface area contributed by atoms with Crippen molar-refractivity contribution in [2.45, 2.75) is 116 Å². The molecule has 0 bridgehead atoms. The van der Waals surface area contributed by atoms with Crippen molar-refractivity contribution in [3.05, 3.63) is 23.8 Å². The molecule has 1 saturated carbocycles. The maximum atomic E-state index is 15.5. The van der Waals surface area contributed by atoms with Gasteiger partial charge in [-0.2, -0.15) is 0 Å². The van der Waals surface area contributed by atoms with E-state index in [0.29, 0.717) is 32.3 Å². The Balaban J connectivity index is 2.03. The molecule has 1 N–H and O–H groups in total. The summed E-state index contributed by atoms with van der Waals surface area (Å²) in [5.74, 6) is -0.980. The van der Waals surface area contributed by atoms with Gasteiger partial charge in [0.1, 0.15) is 6.17 Å². The van der Waals surface area contributed by atoms with Gasteiger partial charge in [0.25, 0.3) is 0 Å². The predicted molar refractivity (Wildman–Crippen MR) is 128 cm³/mol. The van der Waals surface area contributed by atoms with Crippen LogP contribution >= 0.6 is 0 Å². The number of allylic oxidation sites excluding steroid dienone is 3. The van der Waals surface area contributed by atoms with Crippen LogP contribution in [0.3, 0.4) is 0 Å². The number of esters is 1. The largest absolute Gasteiger partial charge is 0.469 e. The third-order valence-electron chi connectivity index (χ3n) is 6.83. The Kier molecular flexibility index (Phi) is 13.3. The Morgan fingerprint density at radius 3 is 2.73 bits per heavy atom. The number of aliphatic hydroxyl groups excluding tert-OH is 1. The van der Waals surface area contributed by atoms with Crippen LogP contribution in [0.15, 0.2) is 23.8 Å². The van der Waals surface area contributed by atoms with E-state index < -0.39 is 18.2 Å². The molecule has 33 heavy (non-hydrogen) atoms. The summed E-state index contributed by atoms with van der Waals surface area (Å²) in [4.78, 5) is 11.3. The summed E-state index contributed by atoms with van der Waals surface area (Å²) in [6.45, 7) is 4.77. The summed E-state index contributed by atoms with van der Waals surface area (Å²) in [5.41, 5.74) is 0.890. The van der Waals surface area contributed by atoms with E-state index in [2.05, 4.69) is 23.8 Å². The molecule has 6 heteroatoms. The van der Waals surface area contributed by atoms with Gasteiger partial charge in [-0.25, -0.2) is 4.39 Å². The number of alkyl halides is 1. The first-order chi connectivity index (χ1) is 16.0. The summed E-state index contributed by atoms with van der Waals surface area (Å²) in [6.07, 6.45) is 14.0. The fraction of sp³-hybridized carbons (Fsp3) is 0.815. The molecule has 1 aliphatic carbocycles. The third kappa shape index (κ3) is 9.87. The number of carbonyl (C=O) groups excluding carboxylic acids is 1. The van der Waals surface area contributed by atoms with E-state index in [9.17, 15) is 9.90 Å². The van der Waals surface area contributed by atoms with Crippen molar-refractivity contribution in [2.75, 3.05) is 13.7 Å². The van der Waals surface area contributed by atoms with Crippen molar-refractivity contribution in [1.29, 1.82) is 0 Å². The maximum absolute atomic E-state index is 15.5. The quantitative estimate of drug-likeness (QED) is 0.191. The minimum absolute atomic E-state index is 0.189. The summed E-state index contributed by atoms with van der Waals surface area (Å²) in [6, 6.07) is 0. The van der Waals surface area contributed by atoms with Crippen LogP contribution < -0.4 is 0 Å². The zero-order valence-corrected chi connectivity index (χ0v) is 20.8. The third-order valence-corrected chi connectivity index (χ3v) is 6.83. The number of halogens is 1. The molecule has 0 amide bonds. The highest BCUT2D eigenvalue weighted by molar-refractivity contribution is 5.69. The van der Waals surface area contributed by atoms with Gasteiger partial charge in [-0.15, -0.1) is 0 Å². The van der Waals surface area contributed by atoms with Crippen molar-refractivity contribution >= 4 is 5.97 Å². The van der Waals surface area contributed by atoms with Gasteiger partial charge in [0.05, 0.1) is 19.3 Å². The van der Waals surface area contributed by atoms with Crippen LogP contribution in [0.25, 0.3) is 0 Å². The topological polar surface area (TPSA) is 65.0 Å². The molecule has 0 radical (unpaired) electrons. The number of ether oxygens (including phenoxy) is 3. The van der Waals surface area contributed by atoms with Gasteiger partial charge in [-0.1, -0.05) is 50.0 Å². The number of aliphatic hydroxyl groups is 1. The fourth-order valence-corrected chi connectivity index (χ4v) is 4.92. The minimum atomic E-state index is -1.27. The van der Waals surface area contributed by atoms with Crippen LogP contribution in [0.1, 0.15) is 90.9 Å². The zero-order valence-electron chi connectivity index (χ0n) is 20.8. The average molecular weight is 469 g/mol. The van der Waals surface area contributed by atoms with Crippen LogP contribution in [0.5, 0.6) is 0 Å². The number of unbranched alkanes of at least 4 members (excludes halogenated alkanes) is 4. The Hall–Kier alpha value is -1.24. The molecule has 0 aromatic rings. The summed E-state index contributed by atoms with van der Waals surface area (Å²) < 4.78 is 32.2. The van der Waals surface area contributed by atoms with Crippen molar-refractivity contribution in [3.8, 4) is 0 Å². The fourth-order valence-electron chi connectivity index (χ4n) is 4.92. The second-order valence-electron chi connectivity index (χ2n) is 9.59. The standard InChI is InChI=1S/C27H45FO5/c1-4-5-6-7-8-9-14-21-24(33-26-16-10-11-17-32-26)19-23(29)27(21)22(28)18-20(2)13-12-15-25(30)31-3/h9,14,18,21-24,26-27,29H,4-8,10-13,15-17,19H2,1-3H3/b14-9+,20-18-/t21-,22?,23-,24+,26?,27-/m0/s1. The second-order valence-corrected chi connectivity index (χ2v) is 9.59. The van der Waals surface area contributed by atoms with Crippen molar-refractivity contribution in [1.82, 2.24) is 0 Å². The molecule has 0 aromatic carbocycles. The van der Waals surface area contributed by atoms with Crippen molar-refractivity contribution < 1.29 is 28.5 Å². The highest BCUT2D eigenvalue weighted by atomic mass is 19.1. The van der Waals surface area contributed by atoms with Gasteiger partial charge >= 0.3 is 5.97 Å². The van der Waals surface area contributed by atoms with E-state index in [-0.39, 0.29) is 24.3 Å². The predicted octanol–water partition coefficient (Wildman–Crippen LogP) is 6.05. The first kappa shape index (κ1) is 28.0. The van der Waals surface area contributed by atoms with Crippen molar-refractivity contribution in [2.24, 2.45) is 11.8 Å². The highest BCUT2D eigenvalue weighted by Crippen LogP contribution is 2.41. The van der Waals surface area contributed by atoms with Crippen LogP contribution in [-0.4, -0.2) is 49.5 Å². The second kappa shape index (κ2) is 15.6. The molecular formula is C27H45FO5. The summed E-state index contributed by atoms with van der Waals surface area (Å²) >= 11 is 0. The normalized spacial score (nSPS) is 29.5. The Labute approximate surface area is 199 Å². The number of carbonyl (C=O) groups is 1. The molecule has 5 nitrogen and oxygen atoms in total. The SMILES string of the molecule is CCCCCC/C=C/[C@@H]1[C@@H](C(F)/C=C(/C)CCCC(=O)OC)[C@@H](O)C[C@H]1OC1CCCCO1. The van der Waals surface area contributed by atoms with Crippen LogP contribution in [0.2, 0.25) is 0 Å². The summed E-state index contributed by atoms with van der Waals surface area (Å²) in [5, 5.41) is 10.8. The molecule has 0 aromatic heterocycles. The van der Waals surface area contributed by atoms with E-state index in [1.807, 2.05) is 6.92 Å². The number of methoxy groups -OCH3 is 1. The lowest BCUT2D eigenvalue weighted by Crippen LogP contribution is -2.32. The first-order valence-electron chi connectivity index (χ1n) is 13.0. The van der Waals surface area contributed by atoms with Gasteiger partial charge in [-0.05, 0) is 51.9 Å². The lowest BCUT2D eigenvalue weighted by atomic mass is 9.87. The molecule has 6 atom stereocenters.